The number of aliphatic hydroxyl groups excluding tert-OH is 3. The lowest BCUT2D eigenvalue weighted by atomic mass is 10.0. The SMILES string of the molecule is CC(C)C(O)C(=O)[C@@H](O)CO. The van der Waals surface area contributed by atoms with Crippen molar-refractivity contribution in [3.8, 4) is 0 Å². The Hall–Kier alpha value is -0.450. The van der Waals surface area contributed by atoms with E-state index in [0.717, 1.165) is 0 Å². The highest BCUT2D eigenvalue weighted by molar-refractivity contribution is 5.87. The molecule has 0 fully saturated rings. The molecular weight excluding hydrogens is 148 g/mol. The van der Waals surface area contributed by atoms with E-state index in [1.54, 1.807) is 13.8 Å². The van der Waals surface area contributed by atoms with Gasteiger partial charge in [-0.2, -0.15) is 0 Å². The van der Waals surface area contributed by atoms with E-state index in [2.05, 4.69) is 0 Å². The van der Waals surface area contributed by atoms with Gasteiger partial charge >= 0.3 is 0 Å². The second-order valence-electron chi connectivity index (χ2n) is 2.79. The Morgan fingerprint density at radius 3 is 2.09 bits per heavy atom. The first kappa shape index (κ1) is 10.6. The molecule has 4 nitrogen and oxygen atoms in total. The highest BCUT2D eigenvalue weighted by atomic mass is 16.3. The van der Waals surface area contributed by atoms with Crippen LogP contribution >= 0.6 is 0 Å². The van der Waals surface area contributed by atoms with E-state index in [4.69, 9.17) is 15.3 Å². The molecule has 0 heterocycles. The first-order valence-electron chi connectivity index (χ1n) is 3.51. The molecule has 0 aliphatic carbocycles. The first-order chi connectivity index (χ1) is 5.00. The van der Waals surface area contributed by atoms with Crippen molar-refractivity contribution < 1.29 is 20.1 Å². The molecule has 0 spiro atoms. The zero-order valence-electron chi connectivity index (χ0n) is 6.69. The van der Waals surface area contributed by atoms with Crippen molar-refractivity contribution in [3.05, 3.63) is 0 Å². The Morgan fingerprint density at radius 1 is 1.36 bits per heavy atom. The van der Waals surface area contributed by atoms with Crippen LogP contribution in [0.1, 0.15) is 13.8 Å². The predicted octanol–water partition coefficient (Wildman–Crippen LogP) is -1.07. The Bertz CT molecular complexity index is 132. The van der Waals surface area contributed by atoms with Gasteiger partial charge in [-0.05, 0) is 5.92 Å². The van der Waals surface area contributed by atoms with Gasteiger partial charge in [-0.3, -0.25) is 4.79 Å². The van der Waals surface area contributed by atoms with Gasteiger partial charge in [-0.1, -0.05) is 13.8 Å². The fraction of sp³-hybridized carbons (Fsp3) is 0.857. The van der Waals surface area contributed by atoms with Crippen LogP contribution in [-0.4, -0.2) is 39.9 Å². The standard InChI is InChI=1S/C7H14O4/c1-4(2)6(10)7(11)5(9)3-8/h4-6,8-10H,3H2,1-2H3/t5-,6?/m0/s1. The third-order valence-corrected chi connectivity index (χ3v) is 1.42. The Balaban J connectivity index is 4.02. The minimum absolute atomic E-state index is 0.233. The third kappa shape index (κ3) is 2.96. The van der Waals surface area contributed by atoms with Gasteiger partial charge < -0.3 is 15.3 Å². The fourth-order valence-electron chi connectivity index (χ4n) is 0.616. The van der Waals surface area contributed by atoms with Gasteiger partial charge in [0.05, 0.1) is 6.61 Å². The molecule has 3 N–H and O–H groups in total. The number of hydrogen-bond donors (Lipinski definition) is 3. The molecular formula is C7H14O4. The van der Waals surface area contributed by atoms with E-state index < -0.39 is 24.6 Å². The summed E-state index contributed by atoms with van der Waals surface area (Å²) in [6, 6.07) is 0. The molecule has 0 bridgehead atoms. The third-order valence-electron chi connectivity index (χ3n) is 1.42. The van der Waals surface area contributed by atoms with Gasteiger partial charge in [0.1, 0.15) is 12.2 Å². The molecule has 2 atom stereocenters. The monoisotopic (exact) mass is 162 g/mol. The molecule has 0 aromatic heterocycles. The zero-order chi connectivity index (χ0) is 9.02. The molecule has 0 radical (unpaired) electrons. The smallest absolute Gasteiger partial charge is 0.192 e. The van der Waals surface area contributed by atoms with Crippen LogP contribution in [0, 0.1) is 5.92 Å². The number of hydrogen-bond acceptors (Lipinski definition) is 4. The van der Waals surface area contributed by atoms with Crippen molar-refractivity contribution in [1.82, 2.24) is 0 Å². The summed E-state index contributed by atoms with van der Waals surface area (Å²) in [5, 5.41) is 26.2. The van der Waals surface area contributed by atoms with Crippen molar-refractivity contribution in [2.45, 2.75) is 26.1 Å². The maximum atomic E-state index is 10.9. The van der Waals surface area contributed by atoms with Crippen molar-refractivity contribution in [1.29, 1.82) is 0 Å². The molecule has 11 heavy (non-hydrogen) atoms. The number of carbonyl (C=O) groups is 1. The van der Waals surface area contributed by atoms with Crippen molar-refractivity contribution in [2.75, 3.05) is 6.61 Å². The zero-order valence-corrected chi connectivity index (χ0v) is 6.69. The molecule has 4 heteroatoms. The highest BCUT2D eigenvalue weighted by Crippen LogP contribution is 2.04. The van der Waals surface area contributed by atoms with Crippen molar-refractivity contribution in [3.63, 3.8) is 0 Å². The van der Waals surface area contributed by atoms with Crippen molar-refractivity contribution >= 4 is 5.78 Å². The molecule has 1 unspecified atom stereocenters. The molecule has 0 amide bonds. The number of rotatable bonds is 4. The van der Waals surface area contributed by atoms with Crippen LogP contribution < -0.4 is 0 Å². The lowest BCUT2D eigenvalue weighted by Gasteiger charge is -2.15. The number of aliphatic hydroxyl groups is 3. The van der Waals surface area contributed by atoms with E-state index in [9.17, 15) is 4.79 Å². The number of ketones is 1. The van der Waals surface area contributed by atoms with Crippen LogP contribution in [0.4, 0.5) is 0 Å². The van der Waals surface area contributed by atoms with E-state index in [1.165, 1.54) is 0 Å². The summed E-state index contributed by atoms with van der Waals surface area (Å²) in [7, 11) is 0. The van der Waals surface area contributed by atoms with Gasteiger partial charge in [0, 0.05) is 0 Å². The number of Topliss-reactive ketones (excluding diaryl/α,β-unsaturated/α-hetero) is 1. The van der Waals surface area contributed by atoms with Crippen LogP contribution in [0.5, 0.6) is 0 Å². The van der Waals surface area contributed by atoms with Gasteiger partial charge in [0.2, 0.25) is 0 Å². The Labute approximate surface area is 65.5 Å². The summed E-state index contributed by atoms with van der Waals surface area (Å²) in [6.45, 7) is 2.68. The Morgan fingerprint density at radius 2 is 1.82 bits per heavy atom. The molecule has 0 aliphatic rings. The Kier molecular flexibility index (Phi) is 4.25. The summed E-state index contributed by atoms with van der Waals surface area (Å²) in [4.78, 5) is 10.9. The van der Waals surface area contributed by atoms with Gasteiger partial charge in [0.15, 0.2) is 5.78 Å². The minimum atomic E-state index is -1.45. The summed E-state index contributed by atoms with van der Waals surface area (Å²) in [5.74, 6) is -0.953. The molecule has 66 valence electrons. The van der Waals surface area contributed by atoms with Crippen LogP contribution in [-0.2, 0) is 4.79 Å². The second-order valence-corrected chi connectivity index (χ2v) is 2.79. The van der Waals surface area contributed by atoms with E-state index in [1.807, 2.05) is 0 Å². The molecule has 0 saturated heterocycles. The summed E-state index contributed by atoms with van der Waals surface area (Å²) >= 11 is 0. The molecule has 0 aromatic rings. The molecule has 0 saturated carbocycles. The van der Waals surface area contributed by atoms with Crippen molar-refractivity contribution in [2.24, 2.45) is 5.92 Å². The van der Waals surface area contributed by atoms with Crippen LogP contribution in [0.3, 0.4) is 0 Å². The maximum Gasteiger partial charge on any atom is 0.192 e. The predicted molar refractivity (Wildman–Crippen MR) is 38.9 cm³/mol. The summed E-state index contributed by atoms with van der Waals surface area (Å²) in [6.07, 6.45) is -2.63. The largest absolute Gasteiger partial charge is 0.393 e. The quantitative estimate of drug-likeness (QED) is 0.491. The lowest BCUT2D eigenvalue weighted by Crippen LogP contribution is -2.37. The van der Waals surface area contributed by atoms with E-state index in [-0.39, 0.29) is 5.92 Å². The maximum absolute atomic E-state index is 10.9. The average molecular weight is 162 g/mol. The van der Waals surface area contributed by atoms with Crippen LogP contribution in [0.15, 0.2) is 0 Å². The topological polar surface area (TPSA) is 77.8 Å². The van der Waals surface area contributed by atoms with Crippen LogP contribution in [0.25, 0.3) is 0 Å². The highest BCUT2D eigenvalue weighted by Gasteiger charge is 2.24. The normalized spacial score (nSPS) is 16.5. The van der Waals surface area contributed by atoms with E-state index in [0.29, 0.717) is 0 Å². The van der Waals surface area contributed by atoms with E-state index >= 15 is 0 Å². The first-order valence-corrected chi connectivity index (χ1v) is 3.51. The second kappa shape index (κ2) is 4.43. The number of carbonyl (C=O) groups excluding carboxylic acids is 1. The summed E-state index contributed by atoms with van der Waals surface area (Å²) in [5.41, 5.74) is 0. The van der Waals surface area contributed by atoms with Crippen LogP contribution in [0.2, 0.25) is 0 Å². The molecule has 0 aromatic carbocycles. The van der Waals surface area contributed by atoms with Gasteiger partial charge in [-0.25, -0.2) is 0 Å². The molecule has 0 rings (SSSR count). The average Bonchev–Trinajstić information content (AvgIpc) is 2.00. The minimum Gasteiger partial charge on any atom is -0.393 e. The van der Waals surface area contributed by atoms with Gasteiger partial charge in [-0.15, -0.1) is 0 Å². The van der Waals surface area contributed by atoms with Gasteiger partial charge in [0.25, 0.3) is 0 Å². The molecule has 0 aliphatic heterocycles. The fourth-order valence-corrected chi connectivity index (χ4v) is 0.616. The summed E-state index contributed by atoms with van der Waals surface area (Å²) < 4.78 is 0. The lowest BCUT2D eigenvalue weighted by molar-refractivity contribution is -0.139.